The number of aromatic nitrogens is 2. The summed E-state index contributed by atoms with van der Waals surface area (Å²) in [7, 11) is 0. The first-order chi connectivity index (χ1) is 15.7. The molecule has 0 bridgehead atoms. The van der Waals surface area contributed by atoms with Gasteiger partial charge < -0.3 is 9.64 Å². The molecule has 0 spiro atoms. The summed E-state index contributed by atoms with van der Waals surface area (Å²) in [5.41, 5.74) is 3.90. The molecule has 162 valence electrons. The van der Waals surface area contributed by atoms with Crippen molar-refractivity contribution in [3.63, 3.8) is 0 Å². The van der Waals surface area contributed by atoms with E-state index >= 15 is 0 Å². The lowest BCUT2D eigenvalue weighted by Crippen LogP contribution is -2.27. The van der Waals surface area contributed by atoms with Gasteiger partial charge in [0.15, 0.2) is 0 Å². The Hall–Kier alpha value is -3.04. The van der Waals surface area contributed by atoms with Gasteiger partial charge in [-0.25, -0.2) is 9.97 Å². The van der Waals surface area contributed by atoms with E-state index in [0.717, 1.165) is 36.6 Å². The molecule has 3 aromatic rings. The number of anilines is 1. The molecule has 0 N–H and O–H groups in total. The van der Waals surface area contributed by atoms with Crippen LogP contribution in [0.15, 0.2) is 59.8 Å². The smallest absolute Gasteiger partial charge is 0.225 e. The topological polar surface area (TPSA) is 62.0 Å². The van der Waals surface area contributed by atoms with E-state index in [2.05, 4.69) is 58.4 Å². The molecule has 2 fully saturated rings. The number of hydrogen-bond acceptors (Lipinski definition) is 6. The summed E-state index contributed by atoms with van der Waals surface area (Å²) in [5.74, 6) is 3.32. The molecule has 3 atom stereocenters. The van der Waals surface area contributed by atoms with E-state index in [1.54, 1.807) is 11.8 Å². The van der Waals surface area contributed by atoms with Gasteiger partial charge in [-0.2, -0.15) is 5.26 Å². The van der Waals surface area contributed by atoms with Crippen LogP contribution in [0.4, 0.5) is 5.95 Å². The predicted octanol–water partition coefficient (Wildman–Crippen LogP) is 5.06. The lowest BCUT2D eigenvalue weighted by Gasteiger charge is -2.20. The van der Waals surface area contributed by atoms with Gasteiger partial charge in [-0.05, 0) is 65.5 Å². The first-order valence-electron chi connectivity index (χ1n) is 11.1. The summed E-state index contributed by atoms with van der Waals surface area (Å²) in [4.78, 5) is 12.5. The predicted molar refractivity (Wildman–Crippen MR) is 128 cm³/mol. The van der Waals surface area contributed by atoms with Crippen molar-refractivity contribution in [2.75, 3.05) is 30.9 Å². The second-order valence-electron chi connectivity index (χ2n) is 8.50. The third-order valence-electron chi connectivity index (χ3n) is 6.71. The van der Waals surface area contributed by atoms with Gasteiger partial charge in [0.05, 0.1) is 12.2 Å². The molecule has 1 aliphatic carbocycles. The van der Waals surface area contributed by atoms with Crippen molar-refractivity contribution < 1.29 is 4.74 Å². The molecule has 2 aliphatic rings. The molecular formula is C26H26N4OS. The number of nitriles is 1. The molecule has 1 aromatic heterocycles. The SMILES string of the molecule is CCc1cnc(N2C[C@@H]3C(COc4ccc(-c5ccc(SC)cc5)cc4C#N)[C@@H]3C2)nc1. The average molecular weight is 443 g/mol. The minimum Gasteiger partial charge on any atom is -0.492 e. The van der Waals surface area contributed by atoms with Crippen LogP contribution in [0.25, 0.3) is 11.1 Å². The van der Waals surface area contributed by atoms with Crippen LogP contribution in [0, 0.1) is 29.1 Å². The number of piperidine rings is 1. The van der Waals surface area contributed by atoms with Gasteiger partial charge >= 0.3 is 0 Å². The van der Waals surface area contributed by atoms with Crippen LogP contribution < -0.4 is 9.64 Å². The minimum atomic E-state index is 0.548. The zero-order valence-electron chi connectivity index (χ0n) is 18.4. The van der Waals surface area contributed by atoms with Crippen molar-refractivity contribution in [1.82, 2.24) is 9.97 Å². The highest BCUT2D eigenvalue weighted by molar-refractivity contribution is 7.98. The maximum Gasteiger partial charge on any atom is 0.225 e. The Labute approximate surface area is 193 Å². The zero-order valence-corrected chi connectivity index (χ0v) is 19.2. The average Bonchev–Trinajstić information content (AvgIpc) is 3.30. The maximum atomic E-state index is 9.66. The van der Waals surface area contributed by atoms with Gasteiger partial charge in [0.25, 0.3) is 0 Å². The van der Waals surface area contributed by atoms with Crippen molar-refractivity contribution in [1.29, 1.82) is 5.26 Å². The number of rotatable bonds is 7. The monoisotopic (exact) mass is 442 g/mol. The summed E-state index contributed by atoms with van der Waals surface area (Å²) >= 11 is 1.72. The Balaban J connectivity index is 1.18. The van der Waals surface area contributed by atoms with Crippen LogP contribution in [0.3, 0.4) is 0 Å². The molecule has 2 heterocycles. The second kappa shape index (κ2) is 8.84. The first kappa shape index (κ1) is 20.8. The molecular weight excluding hydrogens is 416 g/mol. The van der Waals surface area contributed by atoms with E-state index in [-0.39, 0.29) is 0 Å². The number of hydrogen-bond donors (Lipinski definition) is 0. The Morgan fingerprint density at radius 1 is 1.06 bits per heavy atom. The highest BCUT2D eigenvalue weighted by atomic mass is 32.2. The zero-order chi connectivity index (χ0) is 22.1. The number of nitrogens with zero attached hydrogens (tertiary/aromatic N) is 4. The summed E-state index contributed by atoms with van der Waals surface area (Å²) in [6.45, 7) is 4.75. The fraction of sp³-hybridized carbons (Fsp3) is 0.346. The molecule has 1 saturated heterocycles. The molecule has 5 rings (SSSR count). The summed E-state index contributed by atoms with van der Waals surface area (Å²) in [6.07, 6.45) is 6.88. The number of ether oxygens (including phenoxy) is 1. The maximum absolute atomic E-state index is 9.66. The third-order valence-corrected chi connectivity index (χ3v) is 7.45. The van der Waals surface area contributed by atoms with E-state index < -0.39 is 0 Å². The Morgan fingerprint density at radius 3 is 2.38 bits per heavy atom. The Kier molecular flexibility index (Phi) is 5.75. The number of thioether (sulfide) groups is 1. The number of fused-ring (bicyclic) bond motifs is 1. The second-order valence-corrected chi connectivity index (χ2v) is 9.38. The minimum absolute atomic E-state index is 0.548. The van der Waals surface area contributed by atoms with Gasteiger partial charge in [0.2, 0.25) is 5.95 Å². The van der Waals surface area contributed by atoms with Crippen LogP contribution in [0.5, 0.6) is 5.75 Å². The Bertz CT molecular complexity index is 1130. The summed E-state index contributed by atoms with van der Waals surface area (Å²) in [5, 5.41) is 9.66. The van der Waals surface area contributed by atoms with Crippen molar-refractivity contribution in [3.05, 3.63) is 66.0 Å². The highest BCUT2D eigenvalue weighted by Gasteiger charge is 2.56. The van der Waals surface area contributed by atoms with E-state index in [0.29, 0.717) is 35.7 Å². The third kappa shape index (κ3) is 4.05. The fourth-order valence-electron chi connectivity index (χ4n) is 4.65. The normalized spacial score (nSPS) is 21.2. The molecule has 2 aromatic carbocycles. The summed E-state index contributed by atoms with van der Waals surface area (Å²) in [6, 6.07) is 16.6. The standard InChI is InChI=1S/C26H26N4OS/c1-3-17-12-28-26(29-13-17)30-14-22-23(15-30)24(22)16-31-25-9-6-19(10-20(25)11-27)18-4-7-21(32-2)8-5-18/h4-10,12-13,22-24H,3,14-16H2,1-2H3/t22-,23+,24?. The van der Waals surface area contributed by atoms with E-state index in [9.17, 15) is 5.26 Å². The van der Waals surface area contributed by atoms with Crippen LogP contribution >= 0.6 is 11.8 Å². The number of aryl methyl sites for hydroxylation is 1. The lowest BCUT2D eigenvalue weighted by atomic mass is 10.0. The Morgan fingerprint density at radius 2 is 1.75 bits per heavy atom. The van der Waals surface area contributed by atoms with Crippen LogP contribution in [-0.2, 0) is 6.42 Å². The number of benzene rings is 2. The molecule has 1 aliphatic heterocycles. The van der Waals surface area contributed by atoms with Gasteiger partial charge in [-0.3, -0.25) is 0 Å². The van der Waals surface area contributed by atoms with E-state index in [1.807, 2.05) is 30.6 Å². The van der Waals surface area contributed by atoms with Crippen molar-refractivity contribution >= 4 is 17.7 Å². The van der Waals surface area contributed by atoms with E-state index in [1.165, 1.54) is 10.5 Å². The van der Waals surface area contributed by atoms with Gasteiger partial charge in [-0.1, -0.05) is 25.1 Å². The van der Waals surface area contributed by atoms with Crippen molar-refractivity contribution in [2.24, 2.45) is 17.8 Å². The molecule has 32 heavy (non-hydrogen) atoms. The van der Waals surface area contributed by atoms with Crippen LogP contribution in [0.2, 0.25) is 0 Å². The largest absolute Gasteiger partial charge is 0.492 e. The van der Waals surface area contributed by atoms with Gasteiger partial charge in [0.1, 0.15) is 11.8 Å². The van der Waals surface area contributed by atoms with Crippen LogP contribution in [0.1, 0.15) is 18.1 Å². The molecule has 0 amide bonds. The molecule has 5 nitrogen and oxygen atoms in total. The highest BCUT2D eigenvalue weighted by Crippen LogP contribution is 2.52. The first-order valence-corrected chi connectivity index (χ1v) is 12.3. The fourth-order valence-corrected chi connectivity index (χ4v) is 5.05. The van der Waals surface area contributed by atoms with E-state index in [4.69, 9.17) is 4.74 Å². The quantitative estimate of drug-likeness (QED) is 0.477. The van der Waals surface area contributed by atoms with Crippen LogP contribution in [-0.4, -0.2) is 35.9 Å². The molecule has 6 heteroatoms. The lowest BCUT2D eigenvalue weighted by molar-refractivity contribution is 0.282. The van der Waals surface area contributed by atoms with Gasteiger partial charge in [-0.15, -0.1) is 11.8 Å². The van der Waals surface area contributed by atoms with Crippen molar-refractivity contribution in [3.8, 4) is 22.9 Å². The molecule has 1 unspecified atom stereocenters. The van der Waals surface area contributed by atoms with Gasteiger partial charge in [0, 0.05) is 36.3 Å². The molecule has 0 radical (unpaired) electrons. The van der Waals surface area contributed by atoms with Crippen molar-refractivity contribution in [2.45, 2.75) is 18.2 Å². The molecule has 1 saturated carbocycles. The summed E-state index contributed by atoms with van der Waals surface area (Å²) < 4.78 is 6.11.